The van der Waals surface area contributed by atoms with Crippen molar-refractivity contribution in [2.75, 3.05) is 6.61 Å². The highest BCUT2D eigenvalue weighted by atomic mass is 19.1. The van der Waals surface area contributed by atoms with Gasteiger partial charge in [0.25, 0.3) is 0 Å². The van der Waals surface area contributed by atoms with Gasteiger partial charge in [-0.1, -0.05) is 55.7 Å². The van der Waals surface area contributed by atoms with E-state index in [1.165, 1.54) is 48.9 Å². The number of carbonyl (C=O) groups is 1. The lowest BCUT2D eigenvalue weighted by Crippen LogP contribution is -2.08. The minimum Gasteiger partial charge on any atom is -0.485 e. The Labute approximate surface area is 199 Å². The summed E-state index contributed by atoms with van der Waals surface area (Å²) in [5, 5.41) is 11.2. The van der Waals surface area contributed by atoms with E-state index in [-0.39, 0.29) is 24.6 Å². The monoisotopic (exact) mass is 460 g/mol. The van der Waals surface area contributed by atoms with Crippen molar-refractivity contribution in [3.05, 3.63) is 116 Å². The predicted molar refractivity (Wildman–Crippen MR) is 138 cm³/mol. The zero-order valence-corrected chi connectivity index (χ0v) is 19.2. The maximum absolute atomic E-state index is 14.2. The van der Waals surface area contributed by atoms with Crippen LogP contribution in [0.15, 0.2) is 115 Å². The number of nitrogens with zero attached hydrogens (tertiary/aromatic N) is 2. The summed E-state index contributed by atoms with van der Waals surface area (Å²) in [6.07, 6.45) is 17.0. The second-order valence-electron chi connectivity index (χ2n) is 7.20. The van der Waals surface area contributed by atoms with E-state index in [9.17, 15) is 14.3 Å². The smallest absolute Gasteiger partial charge is 0.165 e. The Bertz CT molecular complexity index is 1180. The van der Waals surface area contributed by atoms with E-state index in [0.29, 0.717) is 0 Å². The second-order valence-corrected chi connectivity index (χ2v) is 7.20. The van der Waals surface area contributed by atoms with E-state index in [0.717, 1.165) is 16.5 Å². The van der Waals surface area contributed by atoms with Crippen molar-refractivity contribution < 1.29 is 19.0 Å². The highest BCUT2D eigenvalue weighted by Gasteiger charge is 2.05. The molecule has 0 aliphatic rings. The highest BCUT2D eigenvalue weighted by molar-refractivity contribution is 5.94. The normalized spacial score (nSPS) is 14.1. The number of aryl methyl sites for hydroxylation is 1. The van der Waals surface area contributed by atoms with Crippen LogP contribution in [0.25, 0.3) is 17.0 Å². The third-order valence-electron chi connectivity index (χ3n) is 4.62. The molecule has 1 aromatic heterocycles. The SMILES string of the molecule is C=C/C=C\N=CCO/C(C=C)=C(F)/C=C/C=C/C(O)CC(=O)/C=C/c1ccc2ccn(C)c2c1. The Morgan fingerprint density at radius 1 is 1.24 bits per heavy atom. The molecule has 34 heavy (non-hydrogen) atoms. The van der Waals surface area contributed by atoms with Crippen LogP contribution >= 0.6 is 0 Å². The molecule has 1 N–H and O–H groups in total. The average molecular weight is 461 g/mol. The summed E-state index contributed by atoms with van der Waals surface area (Å²) in [6, 6.07) is 7.95. The van der Waals surface area contributed by atoms with Gasteiger partial charge in [-0.05, 0) is 47.4 Å². The standard InChI is InChI=1S/C28H29FN2O3/c1-4-6-16-30-17-19-34-28(5-2)26(29)10-8-7-9-24(32)21-25(33)14-12-22-11-13-23-15-18-31(3)27(23)20-22/h4-18,20,24,32H,1-2,19,21H2,3H3/b9-7+,10-8+,14-12+,16-6-,28-26-,30-17?. The molecule has 0 bridgehead atoms. The van der Waals surface area contributed by atoms with Gasteiger partial charge in [0.05, 0.1) is 6.10 Å². The molecular formula is C28H29FN2O3. The minimum absolute atomic E-state index is 0.0295. The highest BCUT2D eigenvalue weighted by Crippen LogP contribution is 2.17. The summed E-state index contributed by atoms with van der Waals surface area (Å²) in [5.74, 6) is -0.873. The Morgan fingerprint density at radius 2 is 2.06 bits per heavy atom. The van der Waals surface area contributed by atoms with Crippen LogP contribution in [0.3, 0.4) is 0 Å². The number of fused-ring (bicyclic) bond motifs is 1. The first kappa shape index (κ1) is 26.2. The Morgan fingerprint density at radius 3 is 2.82 bits per heavy atom. The number of benzene rings is 1. The van der Waals surface area contributed by atoms with Gasteiger partial charge in [-0.25, -0.2) is 4.39 Å². The van der Waals surface area contributed by atoms with Crippen molar-refractivity contribution in [1.29, 1.82) is 0 Å². The van der Waals surface area contributed by atoms with Crippen LogP contribution in [0.1, 0.15) is 12.0 Å². The zero-order chi connectivity index (χ0) is 24.8. The Kier molecular flexibility index (Phi) is 10.9. The van der Waals surface area contributed by atoms with Gasteiger partial charge in [-0.3, -0.25) is 9.79 Å². The molecule has 1 aromatic carbocycles. The molecule has 0 saturated heterocycles. The molecule has 0 saturated carbocycles. The first-order chi connectivity index (χ1) is 16.4. The van der Waals surface area contributed by atoms with Crippen LogP contribution in [-0.2, 0) is 16.6 Å². The van der Waals surface area contributed by atoms with Crippen molar-refractivity contribution in [2.45, 2.75) is 12.5 Å². The molecular weight excluding hydrogens is 431 g/mol. The summed E-state index contributed by atoms with van der Waals surface area (Å²) in [4.78, 5) is 16.1. The molecule has 0 aliphatic carbocycles. The quantitative estimate of drug-likeness (QED) is 0.178. The number of allylic oxidation sites excluding steroid dienone is 8. The fraction of sp³-hybridized carbons (Fsp3) is 0.143. The molecule has 6 heteroatoms. The molecule has 1 heterocycles. The summed E-state index contributed by atoms with van der Waals surface area (Å²) < 4.78 is 21.4. The molecule has 2 aromatic rings. The molecule has 0 spiro atoms. The van der Waals surface area contributed by atoms with Gasteiger partial charge in [0, 0.05) is 37.6 Å². The number of aliphatic hydroxyl groups excluding tert-OH is 1. The number of carbonyl (C=O) groups excluding carboxylic acids is 1. The third-order valence-corrected chi connectivity index (χ3v) is 4.62. The molecule has 0 amide bonds. The number of hydrogen-bond donors (Lipinski definition) is 1. The third kappa shape index (κ3) is 8.84. The maximum atomic E-state index is 14.2. The topological polar surface area (TPSA) is 63.8 Å². The number of aromatic nitrogens is 1. The molecule has 2 rings (SSSR count). The number of aliphatic imine (C=N–C) groups is 1. The Hall–Kier alpha value is -4.03. The van der Waals surface area contributed by atoms with Crippen LogP contribution in [0.4, 0.5) is 4.39 Å². The van der Waals surface area contributed by atoms with Gasteiger partial charge in [0.15, 0.2) is 17.4 Å². The van der Waals surface area contributed by atoms with Crippen molar-refractivity contribution in [3.63, 3.8) is 0 Å². The molecule has 0 radical (unpaired) electrons. The fourth-order valence-electron chi connectivity index (χ4n) is 2.90. The zero-order valence-electron chi connectivity index (χ0n) is 19.2. The van der Waals surface area contributed by atoms with Crippen molar-refractivity contribution in [2.24, 2.45) is 12.0 Å². The van der Waals surface area contributed by atoms with Crippen LogP contribution < -0.4 is 0 Å². The van der Waals surface area contributed by atoms with Gasteiger partial charge in [0.2, 0.25) is 0 Å². The lowest BCUT2D eigenvalue weighted by atomic mass is 10.1. The summed E-state index contributed by atoms with van der Waals surface area (Å²) in [6.45, 7) is 7.12. The number of halogens is 1. The van der Waals surface area contributed by atoms with Crippen molar-refractivity contribution >= 4 is 29.0 Å². The van der Waals surface area contributed by atoms with Crippen LogP contribution in [-0.4, -0.2) is 34.4 Å². The number of aliphatic hydroxyl groups is 1. The van der Waals surface area contributed by atoms with E-state index in [2.05, 4.69) is 18.2 Å². The van der Waals surface area contributed by atoms with Gasteiger partial charge >= 0.3 is 0 Å². The van der Waals surface area contributed by atoms with Crippen LogP contribution in [0.5, 0.6) is 0 Å². The maximum Gasteiger partial charge on any atom is 0.165 e. The second kappa shape index (κ2) is 14.2. The predicted octanol–water partition coefficient (Wildman–Crippen LogP) is 5.78. The number of ketones is 1. The van der Waals surface area contributed by atoms with Crippen molar-refractivity contribution in [3.8, 4) is 0 Å². The first-order valence-corrected chi connectivity index (χ1v) is 10.7. The molecule has 1 atom stereocenters. The number of hydrogen-bond acceptors (Lipinski definition) is 4. The fourth-order valence-corrected chi connectivity index (χ4v) is 2.90. The van der Waals surface area contributed by atoms with Crippen LogP contribution in [0, 0.1) is 0 Å². The van der Waals surface area contributed by atoms with Gasteiger partial charge in [-0.2, -0.15) is 0 Å². The number of rotatable bonds is 13. The lowest BCUT2D eigenvalue weighted by molar-refractivity contribution is -0.115. The average Bonchev–Trinajstić information content (AvgIpc) is 3.20. The van der Waals surface area contributed by atoms with E-state index in [1.807, 2.05) is 42.1 Å². The van der Waals surface area contributed by atoms with E-state index in [4.69, 9.17) is 4.74 Å². The minimum atomic E-state index is -0.987. The van der Waals surface area contributed by atoms with Gasteiger partial charge in [-0.15, -0.1) is 0 Å². The summed E-state index contributed by atoms with van der Waals surface area (Å²) >= 11 is 0. The van der Waals surface area contributed by atoms with Crippen molar-refractivity contribution in [1.82, 2.24) is 4.57 Å². The Balaban J connectivity index is 1.84. The van der Waals surface area contributed by atoms with E-state index >= 15 is 0 Å². The molecule has 5 nitrogen and oxygen atoms in total. The van der Waals surface area contributed by atoms with E-state index in [1.54, 1.807) is 18.2 Å². The largest absolute Gasteiger partial charge is 0.485 e. The molecule has 176 valence electrons. The van der Waals surface area contributed by atoms with Crippen LogP contribution in [0.2, 0.25) is 0 Å². The molecule has 0 aliphatic heterocycles. The number of ether oxygens (including phenoxy) is 1. The van der Waals surface area contributed by atoms with E-state index < -0.39 is 11.9 Å². The van der Waals surface area contributed by atoms with Gasteiger partial charge < -0.3 is 14.4 Å². The first-order valence-electron chi connectivity index (χ1n) is 10.7. The lowest BCUT2D eigenvalue weighted by Gasteiger charge is -2.03. The summed E-state index contributed by atoms with van der Waals surface area (Å²) in [5.41, 5.74) is 1.97. The molecule has 1 unspecified atom stereocenters. The van der Waals surface area contributed by atoms with Gasteiger partial charge in [0.1, 0.15) is 6.61 Å². The summed E-state index contributed by atoms with van der Waals surface area (Å²) in [7, 11) is 1.96. The molecule has 0 fully saturated rings.